The molecule has 0 saturated heterocycles. The molecule has 0 amide bonds. The molecule has 0 aromatic carbocycles. The molecule has 2 rings (SSSR count). The van der Waals surface area contributed by atoms with Gasteiger partial charge < -0.3 is 9.52 Å². The van der Waals surface area contributed by atoms with E-state index < -0.39 is 5.97 Å². The van der Waals surface area contributed by atoms with E-state index in [1.165, 1.54) is 12.5 Å². The first-order valence-corrected chi connectivity index (χ1v) is 3.45. The SMILES string of the molecule is O=C(O)c1n[nH]nc1-c1ccoc1. The zero-order valence-electron chi connectivity index (χ0n) is 6.39. The fourth-order valence-corrected chi connectivity index (χ4v) is 0.980. The van der Waals surface area contributed by atoms with Crippen LogP contribution < -0.4 is 0 Å². The van der Waals surface area contributed by atoms with E-state index in [9.17, 15) is 4.79 Å². The van der Waals surface area contributed by atoms with E-state index in [4.69, 9.17) is 9.52 Å². The maximum Gasteiger partial charge on any atom is 0.358 e. The van der Waals surface area contributed by atoms with Crippen LogP contribution in [0.3, 0.4) is 0 Å². The van der Waals surface area contributed by atoms with Gasteiger partial charge in [-0.25, -0.2) is 4.79 Å². The highest BCUT2D eigenvalue weighted by Gasteiger charge is 2.16. The first-order chi connectivity index (χ1) is 6.29. The molecule has 0 spiro atoms. The average molecular weight is 179 g/mol. The minimum Gasteiger partial charge on any atom is -0.476 e. The topological polar surface area (TPSA) is 92.0 Å². The van der Waals surface area contributed by atoms with Crippen LogP contribution in [0.15, 0.2) is 23.0 Å². The molecule has 13 heavy (non-hydrogen) atoms. The predicted molar refractivity (Wildman–Crippen MR) is 41.0 cm³/mol. The Hall–Kier alpha value is -2.11. The summed E-state index contributed by atoms with van der Waals surface area (Å²) in [6.07, 6.45) is 2.85. The monoisotopic (exact) mass is 179 g/mol. The number of hydrogen-bond donors (Lipinski definition) is 2. The van der Waals surface area contributed by atoms with Crippen LogP contribution in [0.1, 0.15) is 10.5 Å². The quantitative estimate of drug-likeness (QED) is 0.710. The van der Waals surface area contributed by atoms with Crippen LogP contribution in [-0.4, -0.2) is 26.5 Å². The Balaban J connectivity index is 2.52. The molecule has 6 nitrogen and oxygen atoms in total. The summed E-state index contributed by atoms with van der Waals surface area (Å²) in [5.74, 6) is -1.12. The van der Waals surface area contributed by atoms with Crippen molar-refractivity contribution in [3.05, 3.63) is 24.3 Å². The molecule has 0 atom stereocenters. The molecule has 2 N–H and O–H groups in total. The third kappa shape index (κ3) is 1.18. The van der Waals surface area contributed by atoms with Crippen molar-refractivity contribution in [1.29, 1.82) is 0 Å². The highest BCUT2D eigenvalue weighted by atomic mass is 16.4. The second kappa shape index (κ2) is 2.74. The molecule has 0 fully saturated rings. The van der Waals surface area contributed by atoms with Crippen LogP contribution in [0.25, 0.3) is 11.3 Å². The van der Waals surface area contributed by atoms with Gasteiger partial charge in [-0.2, -0.15) is 10.3 Å². The summed E-state index contributed by atoms with van der Waals surface area (Å²) in [6.45, 7) is 0. The van der Waals surface area contributed by atoms with Crippen LogP contribution in [0.4, 0.5) is 0 Å². The van der Waals surface area contributed by atoms with Gasteiger partial charge in [-0.05, 0) is 6.07 Å². The molecule has 2 heterocycles. The van der Waals surface area contributed by atoms with E-state index in [0.29, 0.717) is 5.56 Å². The summed E-state index contributed by atoms with van der Waals surface area (Å²) in [5.41, 5.74) is 0.758. The van der Waals surface area contributed by atoms with Crippen molar-refractivity contribution >= 4 is 5.97 Å². The van der Waals surface area contributed by atoms with E-state index in [1.807, 2.05) is 0 Å². The smallest absolute Gasteiger partial charge is 0.358 e. The lowest BCUT2D eigenvalue weighted by Crippen LogP contribution is -1.98. The van der Waals surface area contributed by atoms with Crippen molar-refractivity contribution in [3.8, 4) is 11.3 Å². The molecule has 2 aromatic heterocycles. The van der Waals surface area contributed by atoms with Gasteiger partial charge in [-0.15, -0.1) is 5.10 Å². The first-order valence-electron chi connectivity index (χ1n) is 3.45. The van der Waals surface area contributed by atoms with Gasteiger partial charge in [-0.3, -0.25) is 0 Å². The highest BCUT2D eigenvalue weighted by molar-refractivity contribution is 5.92. The first kappa shape index (κ1) is 7.53. The van der Waals surface area contributed by atoms with Gasteiger partial charge in [0.2, 0.25) is 0 Å². The normalized spacial score (nSPS) is 10.2. The maximum absolute atomic E-state index is 10.6. The molecular formula is C7H5N3O3. The molecule has 2 aromatic rings. The third-order valence-electron chi connectivity index (χ3n) is 1.55. The summed E-state index contributed by atoms with van der Waals surface area (Å²) < 4.78 is 4.80. The number of aromatic carboxylic acids is 1. The summed E-state index contributed by atoms with van der Waals surface area (Å²) in [6, 6.07) is 1.62. The number of nitrogens with one attached hydrogen (secondary N) is 1. The number of carboxylic acids is 1. The van der Waals surface area contributed by atoms with Crippen LogP contribution in [0.2, 0.25) is 0 Å². The summed E-state index contributed by atoms with van der Waals surface area (Å²) in [4.78, 5) is 10.6. The molecule has 0 saturated carbocycles. The van der Waals surface area contributed by atoms with Gasteiger partial charge in [-0.1, -0.05) is 0 Å². The van der Waals surface area contributed by atoms with Crippen LogP contribution in [-0.2, 0) is 0 Å². The Labute approximate surface area is 72.2 Å². The Morgan fingerprint density at radius 3 is 3.00 bits per heavy atom. The van der Waals surface area contributed by atoms with Crippen molar-refractivity contribution in [2.45, 2.75) is 0 Å². The van der Waals surface area contributed by atoms with Crippen LogP contribution >= 0.6 is 0 Å². The Morgan fingerprint density at radius 2 is 2.38 bits per heavy atom. The Morgan fingerprint density at radius 1 is 1.54 bits per heavy atom. The van der Waals surface area contributed by atoms with Crippen molar-refractivity contribution in [3.63, 3.8) is 0 Å². The van der Waals surface area contributed by atoms with Crippen molar-refractivity contribution < 1.29 is 14.3 Å². The lowest BCUT2D eigenvalue weighted by atomic mass is 10.2. The second-order valence-corrected chi connectivity index (χ2v) is 2.34. The summed E-state index contributed by atoms with van der Waals surface area (Å²) in [5, 5.41) is 18.1. The standard InChI is InChI=1S/C7H5N3O3/c11-7(12)6-5(8-10-9-6)4-1-2-13-3-4/h1-3H,(H,11,12)(H,8,9,10). The lowest BCUT2D eigenvalue weighted by molar-refractivity contribution is 0.0691. The Kier molecular flexibility index (Phi) is 1.59. The van der Waals surface area contributed by atoms with Crippen molar-refractivity contribution in [1.82, 2.24) is 15.4 Å². The Bertz CT molecular complexity index is 418. The lowest BCUT2D eigenvalue weighted by Gasteiger charge is -1.89. The number of rotatable bonds is 2. The second-order valence-electron chi connectivity index (χ2n) is 2.34. The molecule has 0 aliphatic carbocycles. The number of H-pyrrole nitrogens is 1. The minimum absolute atomic E-state index is 0.110. The highest BCUT2D eigenvalue weighted by Crippen LogP contribution is 2.19. The zero-order chi connectivity index (χ0) is 9.26. The van der Waals surface area contributed by atoms with Crippen molar-refractivity contribution in [2.24, 2.45) is 0 Å². The number of hydrogen-bond acceptors (Lipinski definition) is 4. The predicted octanol–water partition coefficient (Wildman–Crippen LogP) is 0.763. The molecule has 0 unspecified atom stereocenters. The molecule has 0 radical (unpaired) electrons. The largest absolute Gasteiger partial charge is 0.476 e. The fraction of sp³-hybridized carbons (Fsp3) is 0. The van der Waals surface area contributed by atoms with E-state index >= 15 is 0 Å². The number of carbonyl (C=O) groups is 1. The molecule has 6 heteroatoms. The number of nitrogens with zero attached hydrogens (tertiary/aromatic N) is 2. The van der Waals surface area contributed by atoms with E-state index in [1.54, 1.807) is 6.07 Å². The van der Waals surface area contributed by atoms with Crippen molar-refractivity contribution in [2.75, 3.05) is 0 Å². The van der Waals surface area contributed by atoms with Crippen LogP contribution in [0, 0.1) is 0 Å². The van der Waals surface area contributed by atoms with Gasteiger partial charge in [0.05, 0.1) is 12.5 Å². The van der Waals surface area contributed by atoms with Gasteiger partial charge in [0.15, 0.2) is 5.69 Å². The molecular weight excluding hydrogens is 174 g/mol. The van der Waals surface area contributed by atoms with Crippen LogP contribution in [0.5, 0.6) is 0 Å². The van der Waals surface area contributed by atoms with E-state index in [-0.39, 0.29) is 11.4 Å². The molecule has 0 bridgehead atoms. The maximum atomic E-state index is 10.6. The van der Waals surface area contributed by atoms with Gasteiger partial charge in [0, 0.05) is 5.56 Å². The third-order valence-corrected chi connectivity index (χ3v) is 1.55. The summed E-state index contributed by atoms with van der Waals surface area (Å²) >= 11 is 0. The number of furan rings is 1. The minimum atomic E-state index is -1.12. The van der Waals surface area contributed by atoms with E-state index in [2.05, 4.69) is 15.4 Å². The molecule has 66 valence electrons. The van der Waals surface area contributed by atoms with E-state index in [0.717, 1.165) is 0 Å². The molecule has 0 aliphatic rings. The number of carboxylic acid groups (broad SMARTS) is 1. The number of aromatic amines is 1. The average Bonchev–Trinajstić information content (AvgIpc) is 2.74. The van der Waals surface area contributed by atoms with Gasteiger partial charge in [0.25, 0.3) is 0 Å². The number of aromatic nitrogens is 3. The summed E-state index contributed by atoms with van der Waals surface area (Å²) in [7, 11) is 0. The molecule has 0 aliphatic heterocycles. The van der Waals surface area contributed by atoms with Gasteiger partial charge >= 0.3 is 5.97 Å². The van der Waals surface area contributed by atoms with Gasteiger partial charge in [0.1, 0.15) is 5.69 Å². The zero-order valence-corrected chi connectivity index (χ0v) is 6.39. The fourth-order valence-electron chi connectivity index (χ4n) is 0.980.